The van der Waals surface area contributed by atoms with Gasteiger partial charge in [0.05, 0.1) is 26.2 Å². The van der Waals surface area contributed by atoms with Crippen LogP contribution in [0.3, 0.4) is 0 Å². The first kappa shape index (κ1) is 19.2. The maximum atomic E-state index is 12.5. The van der Waals surface area contributed by atoms with Crippen molar-refractivity contribution in [3.8, 4) is 0 Å². The molecule has 2 aliphatic rings. The number of hydrogen-bond acceptors (Lipinski definition) is 5. The van der Waals surface area contributed by atoms with Crippen LogP contribution in [0.2, 0.25) is 0 Å². The minimum absolute atomic E-state index is 0.0814. The van der Waals surface area contributed by atoms with E-state index in [1.165, 1.54) is 7.11 Å². The fraction of sp³-hybridized carbons (Fsp3) is 0.889. The lowest BCUT2D eigenvalue weighted by Gasteiger charge is -2.40. The molecule has 0 aromatic carbocycles. The number of hydrogen-bond donors (Lipinski definition) is 0. The van der Waals surface area contributed by atoms with Crippen molar-refractivity contribution >= 4 is 11.9 Å². The monoisotopic (exact) mass is 340 g/mol. The van der Waals surface area contributed by atoms with E-state index < -0.39 is 0 Å². The van der Waals surface area contributed by atoms with Gasteiger partial charge in [-0.15, -0.1) is 0 Å². The molecule has 2 rings (SSSR count). The zero-order valence-corrected chi connectivity index (χ0v) is 15.5. The summed E-state index contributed by atoms with van der Waals surface area (Å²) in [5.41, 5.74) is -0.313. The summed E-state index contributed by atoms with van der Waals surface area (Å²) >= 11 is 0. The molecule has 1 amide bonds. The van der Waals surface area contributed by atoms with Crippen LogP contribution >= 0.6 is 0 Å². The van der Waals surface area contributed by atoms with Crippen LogP contribution in [-0.2, 0) is 19.1 Å². The number of nitrogens with zero attached hydrogens (tertiary/aromatic N) is 2. The van der Waals surface area contributed by atoms with Gasteiger partial charge in [0.15, 0.2) is 0 Å². The number of carbonyl (C=O) groups is 2. The van der Waals surface area contributed by atoms with Gasteiger partial charge in [0, 0.05) is 38.1 Å². The largest absolute Gasteiger partial charge is 0.469 e. The highest BCUT2D eigenvalue weighted by atomic mass is 16.5. The Kier molecular flexibility index (Phi) is 6.63. The lowest BCUT2D eigenvalue weighted by molar-refractivity contribution is -0.146. The first-order valence-electron chi connectivity index (χ1n) is 8.99. The van der Waals surface area contributed by atoms with E-state index >= 15 is 0 Å². The van der Waals surface area contributed by atoms with Crippen molar-refractivity contribution in [3.05, 3.63) is 0 Å². The summed E-state index contributed by atoms with van der Waals surface area (Å²) in [4.78, 5) is 28.3. The third-order valence-electron chi connectivity index (χ3n) is 4.81. The van der Waals surface area contributed by atoms with Crippen molar-refractivity contribution in [3.63, 3.8) is 0 Å². The summed E-state index contributed by atoms with van der Waals surface area (Å²) in [5, 5.41) is 0. The Morgan fingerprint density at radius 3 is 2.62 bits per heavy atom. The second-order valence-electron chi connectivity index (χ2n) is 8.04. The number of ether oxygens (including phenoxy) is 2. The summed E-state index contributed by atoms with van der Waals surface area (Å²) in [7, 11) is 1.41. The van der Waals surface area contributed by atoms with Crippen LogP contribution in [0, 0.1) is 11.3 Å². The number of piperidine rings is 1. The molecule has 0 N–H and O–H groups in total. The highest BCUT2D eigenvalue weighted by Gasteiger charge is 2.32. The van der Waals surface area contributed by atoms with E-state index in [0.29, 0.717) is 18.9 Å². The quantitative estimate of drug-likeness (QED) is 0.727. The molecule has 2 atom stereocenters. The molecule has 2 aliphatic heterocycles. The SMILES string of the molecule is COC(=O)C[C@H]1CN(C[C@@H]2CCCN(C(=O)C(C)(C)C)C2)CCO1. The molecule has 2 heterocycles. The Morgan fingerprint density at radius 1 is 1.21 bits per heavy atom. The molecular weight excluding hydrogens is 308 g/mol. The van der Waals surface area contributed by atoms with Crippen LogP contribution in [0.1, 0.15) is 40.0 Å². The van der Waals surface area contributed by atoms with Crippen LogP contribution in [0.25, 0.3) is 0 Å². The minimum atomic E-state index is -0.313. The lowest BCUT2D eigenvalue weighted by atomic mass is 9.91. The molecular formula is C18H32N2O4. The van der Waals surface area contributed by atoms with Gasteiger partial charge < -0.3 is 14.4 Å². The van der Waals surface area contributed by atoms with Crippen molar-refractivity contribution in [2.75, 3.05) is 46.4 Å². The Morgan fingerprint density at radius 2 is 1.96 bits per heavy atom. The first-order valence-corrected chi connectivity index (χ1v) is 8.99. The predicted octanol–water partition coefficient (Wildman–Crippen LogP) is 1.53. The van der Waals surface area contributed by atoms with Gasteiger partial charge in [-0.05, 0) is 18.8 Å². The van der Waals surface area contributed by atoms with Crippen LogP contribution < -0.4 is 0 Å². The highest BCUT2D eigenvalue weighted by molar-refractivity contribution is 5.81. The third kappa shape index (κ3) is 5.45. The van der Waals surface area contributed by atoms with E-state index in [1.807, 2.05) is 25.7 Å². The molecule has 2 fully saturated rings. The molecule has 0 unspecified atom stereocenters. The number of methoxy groups -OCH3 is 1. The second-order valence-corrected chi connectivity index (χ2v) is 8.04. The van der Waals surface area contributed by atoms with Crippen LogP contribution in [-0.4, -0.2) is 74.2 Å². The Bertz CT molecular complexity index is 447. The molecule has 0 aromatic rings. The van der Waals surface area contributed by atoms with Gasteiger partial charge in [0.1, 0.15) is 0 Å². The number of esters is 1. The molecule has 0 aromatic heterocycles. The summed E-state index contributed by atoms with van der Waals surface area (Å²) in [6.07, 6.45) is 2.46. The Labute approximate surface area is 145 Å². The number of carbonyl (C=O) groups excluding carboxylic acids is 2. The fourth-order valence-corrected chi connectivity index (χ4v) is 3.58. The van der Waals surface area contributed by atoms with Crippen molar-refractivity contribution in [2.24, 2.45) is 11.3 Å². The maximum Gasteiger partial charge on any atom is 0.308 e. The standard InChI is InChI=1S/C18H32N2O4/c1-18(2,3)17(22)20-7-5-6-14(12-20)11-19-8-9-24-15(13-19)10-16(21)23-4/h14-15H,5-13H2,1-4H3/t14-,15-/m0/s1. The minimum Gasteiger partial charge on any atom is -0.469 e. The Hall–Kier alpha value is -1.14. The van der Waals surface area contributed by atoms with Crippen molar-refractivity contribution in [1.29, 1.82) is 0 Å². The molecule has 0 aliphatic carbocycles. The average Bonchev–Trinajstić information content (AvgIpc) is 2.53. The van der Waals surface area contributed by atoms with E-state index in [4.69, 9.17) is 9.47 Å². The van der Waals surface area contributed by atoms with Gasteiger partial charge in [0.25, 0.3) is 0 Å². The number of morpholine rings is 1. The maximum absolute atomic E-state index is 12.5. The molecule has 0 bridgehead atoms. The lowest BCUT2D eigenvalue weighted by Crippen LogP contribution is -2.50. The van der Waals surface area contributed by atoms with E-state index in [1.54, 1.807) is 0 Å². The molecule has 6 heteroatoms. The zero-order chi connectivity index (χ0) is 17.7. The number of likely N-dealkylation sites (tertiary alicyclic amines) is 1. The predicted molar refractivity (Wildman–Crippen MR) is 91.6 cm³/mol. The van der Waals surface area contributed by atoms with Crippen LogP contribution in [0.4, 0.5) is 0 Å². The van der Waals surface area contributed by atoms with Crippen molar-refractivity contribution in [2.45, 2.75) is 46.1 Å². The normalized spacial score (nSPS) is 26.2. The molecule has 0 saturated carbocycles. The van der Waals surface area contributed by atoms with Gasteiger partial charge in [-0.3, -0.25) is 14.5 Å². The van der Waals surface area contributed by atoms with Gasteiger partial charge in [-0.2, -0.15) is 0 Å². The summed E-state index contributed by atoms with van der Waals surface area (Å²) in [6, 6.07) is 0. The summed E-state index contributed by atoms with van der Waals surface area (Å²) < 4.78 is 10.4. The zero-order valence-electron chi connectivity index (χ0n) is 15.5. The highest BCUT2D eigenvalue weighted by Crippen LogP contribution is 2.24. The van der Waals surface area contributed by atoms with E-state index in [9.17, 15) is 9.59 Å². The average molecular weight is 340 g/mol. The molecule has 2 saturated heterocycles. The first-order chi connectivity index (χ1) is 11.3. The van der Waals surface area contributed by atoms with E-state index in [2.05, 4.69) is 4.90 Å². The molecule has 0 radical (unpaired) electrons. The topological polar surface area (TPSA) is 59.1 Å². The molecule has 0 spiro atoms. The molecule has 138 valence electrons. The number of amides is 1. The van der Waals surface area contributed by atoms with Crippen LogP contribution in [0.15, 0.2) is 0 Å². The third-order valence-corrected chi connectivity index (χ3v) is 4.81. The van der Waals surface area contributed by atoms with Crippen molar-refractivity contribution in [1.82, 2.24) is 9.80 Å². The smallest absolute Gasteiger partial charge is 0.308 e. The van der Waals surface area contributed by atoms with E-state index in [0.717, 1.165) is 45.6 Å². The summed E-state index contributed by atoms with van der Waals surface area (Å²) in [5.74, 6) is 0.529. The van der Waals surface area contributed by atoms with Gasteiger partial charge in [0.2, 0.25) is 5.91 Å². The van der Waals surface area contributed by atoms with Gasteiger partial charge in [-0.25, -0.2) is 0 Å². The van der Waals surface area contributed by atoms with Gasteiger partial charge in [-0.1, -0.05) is 20.8 Å². The van der Waals surface area contributed by atoms with E-state index in [-0.39, 0.29) is 23.4 Å². The molecule has 24 heavy (non-hydrogen) atoms. The van der Waals surface area contributed by atoms with Gasteiger partial charge >= 0.3 is 5.97 Å². The Balaban J connectivity index is 1.84. The van der Waals surface area contributed by atoms with Crippen molar-refractivity contribution < 1.29 is 19.1 Å². The number of rotatable bonds is 4. The van der Waals surface area contributed by atoms with Crippen LogP contribution in [0.5, 0.6) is 0 Å². The summed E-state index contributed by atoms with van der Waals surface area (Å²) in [6.45, 7) is 10.9. The second kappa shape index (κ2) is 8.30. The fourth-order valence-electron chi connectivity index (χ4n) is 3.58. The molecule has 6 nitrogen and oxygen atoms in total.